The van der Waals surface area contributed by atoms with Crippen LogP contribution in [0, 0.1) is 11.3 Å². The van der Waals surface area contributed by atoms with Gasteiger partial charge in [0.05, 0.1) is 30.9 Å². The third-order valence-corrected chi connectivity index (χ3v) is 11.9. The maximum Gasteiger partial charge on any atom is 0.348 e. The van der Waals surface area contributed by atoms with E-state index in [0.717, 1.165) is 17.0 Å². The van der Waals surface area contributed by atoms with Crippen molar-refractivity contribution in [1.29, 1.82) is 0 Å². The molecule has 6 atom stereocenters. The molecular weight excluding hydrogens is 685 g/mol. The van der Waals surface area contributed by atoms with Crippen molar-refractivity contribution in [3.05, 3.63) is 110 Å². The van der Waals surface area contributed by atoms with E-state index in [0.29, 0.717) is 68.1 Å². The molecule has 2 saturated heterocycles. The smallest absolute Gasteiger partial charge is 0.348 e. The van der Waals surface area contributed by atoms with Crippen LogP contribution >= 0.6 is 34.5 Å². The zero-order valence-corrected chi connectivity index (χ0v) is 29.5. The minimum absolute atomic E-state index is 0.211. The van der Waals surface area contributed by atoms with Gasteiger partial charge < -0.3 is 18.9 Å². The highest BCUT2D eigenvalue weighted by atomic mass is 35.5. The van der Waals surface area contributed by atoms with Gasteiger partial charge >= 0.3 is 11.9 Å². The summed E-state index contributed by atoms with van der Waals surface area (Å²) in [5, 5.41) is 4.12. The van der Waals surface area contributed by atoms with Crippen molar-refractivity contribution in [3.63, 3.8) is 0 Å². The minimum atomic E-state index is -0.747. The number of rotatable bonds is 14. The molecule has 4 unspecified atom stereocenters. The van der Waals surface area contributed by atoms with Crippen LogP contribution in [0.3, 0.4) is 0 Å². The fourth-order valence-electron chi connectivity index (χ4n) is 7.44. The van der Waals surface area contributed by atoms with Crippen molar-refractivity contribution in [1.82, 2.24) is 15.2 Å². The minimum Gasteiger partial charge on any atom is -0.493 e. The van der Waals surface area contributed by atoms with E-state index in [1.807, 2.05) is 42.5 Å². The molecule has 0 amide bonds. The number of carbonyl (C=O) groups excluding carboxylic acids is 2. The molecule has 1 N–H and O–H groups in total. The summed E-state index contributed by atoms with van der Waals surface area (Å²) < 4.78 is 23.0. The molecule has 4 heterocycles. The van der Waals surface area contributed by atoms with E-state index in [4.69, 9.17) is 42.1 Å². The SMILES string of the molecule is COc1ccc([C@H](Cc2c(Cl)cncc2Cl)OC(=O)c2ccc(CNC(C(=O)OC[C@@H]3CN4CCC35CC45)c3ccccc3)s2)cc1OC. The predicted molar refractivity (Wildman–Crippen MR) is 187 cm³/mol. The molecule has 2 aromatic heterocycles. The van der Waals surface area contributed by atoms with Crippen LogP contribution < -0.4 is 14.8 Å². The zero-order valence-electron chi connectivity index (χ0n) is 27.2. The number of carbonyl (C=O) groups is 2. The van der Waals surface area contributed by atoms with E-state index >= 15 is 0 Å². The molecule has 2 aromatic carbocycles. The Bertz CT molecular complexity index is 1820. The number of ether oxygens (including phenoxy) is 4. The summed E-state index contributed by atoms with van der Waals surface area (Å²) in [7, 11) is 3.10. The predicted octanol–water partition coefficient (Wildman–Crippen LogP) is 7.08. The van der Waals surface area contributed by atoms with Crippen molar-refractivity contribution in [2.45, 2.75) is 44.0 Å². The summed E-state index contributed by atoms with van der Waals surface area (Å²) in [5.41, 5.74) is 2.48. The van der Waals surface area contributed by atoms with Gasteiger partial charge in [-0.2, -0.15) is 0 Å². The first-order valence-electron chi connectivity index (χ1n) is 16.3. The number of hydrogen-bond acceptors (Lipinski definition) is 10. The number of benzene rings is 2. The van der Waals surface area contributed by atoms with E-state index < -0.39 is 18.1 Å². The summed E-state index contributed by atoms with van der Waals surface area (Å²) in [4.78, 5) is 35.0. The monoisotopic (exact) mass is 721 g/mol. The van der Waals surface area contributed by atoms with Gasteiger partial charge in [-0.05, 0) is 65.8 Å². The van der Waals surface area contributed by atoms with Crippen LogP contribution in [0.25, 0.3) is 0 Å². The van der Waals surface area contributed by atoms with Gasteiger partial charge in [0.1, 0.15) is 17.0 Å². The molecule has 2 aliphatic heterocycles. The lowest BCUT2D eigenvalue weighted by atomic mass is 9.87. The lowest BCUT2D eigenvalue weighted by molar-refractivity contribution is -0.148. The molecule has 4 aromatic rings. The number of aromatic nitrogens is 1. The Morgan fingerprint density at radius 3 is 2.47 bits per heavy atom. The van der Waals surface area contributed by atoms with Gasteiger partial charge in [-0.3, -0.25) is 15.2 Å². The van der Waals surface area contributed by atoms with E-state index in [9.17, 15) is 9.59 Å². The zero-order chi connectivity index (χ0) is 34.1. The Labute approximate surface area is 299 Å². The van der Waals surface area contributed by atoms with Crippen LogP contribution in [-0.2, 0) is 27.2 Å². The maximum atomic E-state index is 13.6. The lowest BCUT2D eigenvalue weighted by Crippen LogP contribution is -2.36. The molecule has 256 valence electrons. The largest absolute Gasteiger partial charge is 0.493 e. The molecule has 0 spiro atoms. The fourth-order valence-corrected chi connectivity index (χ4v) is 8.80. The quantitative estimate of drug-likeness (QED) is 0.137. The van der Waals surface area contributed by atoms with Crippen LogP contribution in [0.15, 0.2) is 73.1 Å². The second-order valence-corrected chi connectivity index (χ2v) is 14.8. The normalized spacial score (nSPS) is 23.0. The number of nitrogens with one attached hydrogen (secondary N) is 1. The van der Waals surface area contributed by atoms with Gasteiger partial charge in [0.15, 0.2) is 11.5 Å². The number of esters is 2. The molecule has 0 radical (unpaired) electrons. The first-order valence-corrected chi connectivity index (χ1v) is 17.9. The highest BCUT2D eigenvalue weighted by molar-refractivity contribution is 7.13. The van der Waals surface area contributed by atoms with Crippen molar-refractivity contribution in [2.75, 3.05) is 33.9 Å². The van der Waals surface area contributed by atoms with Gasteiger partial charge in [0.25, 0.3) is 0 Å². The van der Waals surface area contributed by atoms with Gasteiger partial charge in [-0.25, -0.2) is 9.59 Å². The highest BCUT2D eigenvalue weighted by Crippen LogP contribution is 2.66. The molecule has 3 fully saturated rings. The first kappa shape index (κ1) is 33.8. The summed E-state index contributed by atoms with van der Waals surface area (Å²) in [6.07, 6.45) is 4.92. The average Bonchev–Trinajstić information content (AvgIpc) is 3.37. The van der Waals surface area contributed by atoms with Crippen LogP contribution in [0.5, 0.6) is 11.5 Å². The molecule has 12 heteroatoms. The fraction of sp³-hybridized carbons (Fsp3) is 0.378. The Morgan fingerprint density at radius 2 is 1.80 bits per heavy atom. The summed E-state index contributed by atoms with van der Waals surface area (Å²) in [6.45, 7) is 3.00. The Kier molecular flexibility index (Phi) is 9.86. The number of methoxy groups -OCH3 is 2. The molecule has 49 heavy (non-hydrogen) atoms. The number of piperidine rings is 3. The van der Waals surface area contributed by atoms with E-state index in [2.05, 4.69) is 15.2 Å². The Balaban J connectivity index is 1.04. The van der Waals surface area contributed by atoms with Crippen molar-refractivity contribution in [2.24, 2.45) is 11.3 Å². The summed E-state index contributed by atoms with van der Waals surface area (Å²) in [6, 6.07) is 18.6. The van der Waals surface area contributed by atoms with Crippen LogP contribution in [0.4, 0.5) is 0 Å². The van der Waals surface area contributed by atoms with Gasteiger partial charge in [0, 0.05) is 48.7 Å². The molecule has 3 aliphatic rings. The van der Waals surface area contributed by atoms with E-state index in [-0.39, 0.29) is 12.4 Å². The highest BCUT2D eigenvalue weighted by Gasteiger charge is 2.69. The van der Waals surface area contributed by atoms with Crippen LogP contribution in [0.2, 0.25) is 10.0 Å². The molecular formula is C37H37Cl2N3O6S. The van der Waals surface area contributed by atoms with Crippen LogP contribution in [0.1, 0.15) is 56.2 Å². The van der Waals surface area contributed by atoms with Gasteiger partial charge in [0.2, 0.25) is 0 Å². The molecule has 2 bridgehead atoms. The number of thiophene rings is 1. The number of hydrogen-bond donors (Lipinski definition) is 1. The number of halogens is 2. The summed E-state index contributed by atoms with van der Waals surface area (Å²) >= 11 is 14.2. The topological polar surface area (TPSA) is 99.2 Å². The lowest BCUT2D eigenvalue weighted by Gasteiger charge is -2.29. The average molecular weight is 723 g/mol. The second-order valence-electron chi connectivity index (χ2n) is 12.8. The molecule has 9 nitrogen and oxygen atoms in total. The second kappa shape index (κ2) is 14.3. The van der Waals surface area contributed by atoms with Crippen molar-refractivity contribution in [3.8, 4) is 11.5 Å². The molecule has 1 aliphatic carbocycles. The van der Waals surface area contributed by atoms with Crippen LogP contribution in [-0.4, -0.2) is 61.8 Å². The Hall–Kier alpha value is -3.67. The Morgan fingerprint density at radius 1 is 1.02 bits per heavy atom. The van der Waals surface area contributed by atoms with Crippen molar-refractivity contribution < 1.29 is 28.5 Å². The van der Waals surface area contributed by atoms with Crippen molar-refractivity contribution >= 4 is 46.5 Å². The van der Waals surface area contributed by atoms with E-state index in [1.165, 1.54) is 43.1 Å². The van der Waals surface area contributed by atoms with E-state index in [1.54, 1.807) is 32.4 Å². The third kappa shape index (κ3) is 6.90. The number of pyridine rings is 1. The summed E-state index contributed by atoms with van der Waals surface area (Å²) in [5.74, 6) is 0.652. The van der Waals surface area contributed by atoms with Gasteiger partial charge in [-0.15, -0.1) is 11.3 Å². The molecule has 7 rings (SSSR count). The van der Waals surface area contributed by atoms with Gasteiger partial charge in [-0.1, -0.05) is 59.6 Å². The maximum absolute atomic E-state index is 13.6. The third-order valence-electron chi connectivity index (χ3n) is 10.2. The number of nitrogens with zero attached hydrogens (tertiary/aromatic N) is 2. The molecule has 1 saturated carbocycles. The standard InChI is InChI=1S/C37H37Cl2N3O6S/c1-45-29-10-8-23(14-31(29)46-2)30(15-26-27(38)18-40-19-28(26)39)48-35(43)32-11-9-25(49-32)17-41-34(22-6-4-3-5-7-22)36(44)47-21-24-20-42-13-12-37(24)16-33(37)42/h3-11,14,18-19,24,30,33-34,41H,12-13,15-17,20-21H2,1-2H3/t24-,30-,33?,34?,37?/m0/s1. The first-order chi connectivity index (χ1) is 23.8.